The molecule has 3 aliphatic rings. The number of piperidine rings is 2. The van der Waals surface area contributed by atoms with Gasteiger partial charge in [-0.2, -0.15) is 13.2 Å². The number of amides is 2. The number of carbonyl (C=O) groups is 2. The molecule has 198 valence electrons. The van der Waals surface area contributed by atoms with E-state index in [1.165, 1.54) is 12.1 Å². The average molecular weight is 524 g/mol. The number of likely N-dealkylation sites (tertiary alicyclic amines) is 1. The summed E-state index contributed by atoms with van der Waals surface area (Å²) in [5.74, 6) is -2.52. The Balaban J connectivity index is 1.29. The number of halogens is 5. The Morgan fingerprint density at radius 1 is 1.08 bits per heavy atom. The third kappa shape index (κ3) is 4.99. The number of nitrogens with one attached hydrogen (secondary N) is 1. The Hall–Kier alpha value is -2.89. The number of alkyl halides is 3. The van der Waals surface area contributed by atoms with Gasteiger partial charge in [0, 0.05) is 44.7 Å². The van der Waals surface area contributed by atoms with Crippen molar-refractivity contribution < 1.29 is 36.6 Å². The number of nitrogens with zero attached hydrogens (tertiary/aromatic N) is 2. The van der Waals surface area contributed by atoms with E-state index in [1.54, 1.807) is 11.0 Å². The standard InChI is InChI=1S/C26H26F5N3O3/c27-19-11-16-13-34(20-4-5-21(35)32-24(20)36)14-18(16)23(28)22(19)25(37)6-8-33(9-7-25)12-15-2-1-3-17(10-15)26(29,30)31/h1-3,10-11,20,37H,4-9,12-14H2,(H,32,35,36). The van der Waals surface area contributed by atoms with Crippen molar-refractivity contribution in [3.05, 3.63) is 69.8 Å². The Morgan fingerprint density at radius 3 is 2.49 bits per heavy atom. The van der Waals surface area contributed by atoms with Crippen LogP contribution in [0.25, 0.3) is 0 Å². The van der Waals surface area contributed by atoms with Crippen LogP contribution in [0, 0.1) is 11.6 Å². The second-order valence-corrected chi connectivity index (χ2v) is 10.1. The fraction of sp³-hybridized carbons (Fsp3) is 0.462. The van der Waals surface area contributed by atoms with E-state index >= 15 is 8.78 Å². The number of fused-ring (bicyclic) bond motifs is 1. The summed E-state index contributed by atoms with van der Waals surface area (Å²) in [5.41, 5.74) is -1.84. The first-order chi connectivity index (χ1) is 17.4. The molecule has 2 amide bonds. The molecule has 0 aliphatic carbocycles. The predicted octanol–water partition coefficient (Wildman–Crippen LogP) is 3.59. The minimum absolute atomic E-state index is 0.00937. The predicted molar refractivity (Wildman–Crippen MR) is 122 cm³/mol. The van der Waals surface area contributed by atoms with E-state index in [0.717, 1.165) is 12.1 Å². The smallest absolute Gasteiger partial charge is 0.385 e. The number of rotatable bonds is 4. The van der Waals surface area contributed by atoms with E-state index in [2.05, 4.69) is 5.32 Å². The Morgan fingerprint density at radius 2 is 1.81 bits per heavy atom. The number of hydrogen-bond donors (Lipinski definition) is 2. The first-order valence-corrected chi connectivity index (χ1v) is 12.1. The molecule has 3 heterocycles. The van der Waals surface area contributed by atoms with Gasteiger partial charge in [-0.15, -0.1) is 0 Å². The second-order valence-electron chi connectivity index (χ2n) is 10.1. The van der Waals surface area contributed by atoms with E-state index < -0.39 is 46.5 Å². The molecule has 6 nitrogen and oxygen atoms in total. The van der Waals surface area contributed by atoms with Crippen LogP contribution in [0.15, 0.2) is 30.3 Å². The minimum atomic E-state index is -4.45. The minimum Gasteiger partial charge on any atom is -0.385 e. The van der Waals surface area contributed by atoms with E-state index in [0.29, 0.717) is 17.5 Å². The number of aliphatic hydroxyl groups is 1. The lowest BCUT2D eigenvalue weighted by atomic mass is 9.82. The Labute approximate surface area is 210 Å². The molecule has 37 heavy (non-hydrogen) atoms. The fourth-order valence-corrected chi connectivity index (χ4v) is 5.61. The highest BCUT2D eigenvalue weighted by atomic mass is 19.4. The van der Waals surface area contributed by atoms with E-state index in [1.807, 2.05) is 4.90 Å². The van der Waals surface area contributed by atoms with Gasteiger partial charge in [-0.1, -0.05) is 18.2 Å². The summed E-state index contributed by atoms with van der Waals surface area (Å²) in [5, 5.41) is 13.6. The lowest BCUT2D eigenvalue weighted by Gasteiger charge is -2.39. The molecule has 11 heteroatoms. The third-order valence-corrected chi connectivity index (χ3v) is 7.61. The van der Waals surface area contributed by atoms with Crippen LogP contribution in [0.5, 0.6) is 0 Å². The van der Waals surface area contributed by atoms with Crippen LogP contribution in [-0.2, 0) is 41.0 Å². The summed E-state index contributed by atoms with van der Waals surface area (Å²) in [6.45, 7) is 0.906. The van der Waals surface area contributed by atoms with Gasteiger partial charge in [0.1, 0.15) is 11.6 Å². The molecule has 2 aromatic carbocycles. The van der Waals surface area contributed by atoms with Gasteiger partial charge >= 0.3 is 6.18 Å². The normalized spacial score (nSPS) is 22.7. The Kier molecular flexibility index (Phi) is 6.57. The molecular formula is C26H26F5N3O3. The van der Waals surface area contributed by atoms with Gasteiger partial charge < -0.3 is 5.11 Å². The van der Waals surface area contributed by atoms with Crippen molar-refractivity contribution in [2.45, 2.75) is 63.1 Å². The summed E-state index contributed by atoms with van der Waals surface area (Å²) in [6.07, 6.45) is -3.97. The summed E-state index contributed by atoms with van der Waals surface area (Å²) in [4.78, 5) is 27.2. The molecule has 0 bridgehead atoms. The molecule has 3 aliphatic heterocycles. The largest absolute Gasteiger partial charge is 0.416 e. The van der Waals surface area contributed by atoms with Crippen LogP contribution in [0.3, 0.4) is 0 Å². The fourth-order valence-electron chi connectivity index (χ4n) is 5.61. The van der Waals surface area contributed by atoms with Gasteiger partial charge in [0.25, 0.3) is 0 Å². The monoisotopic (exact) mass is 523 g/mol. The number of hydrogen-bond acceptors (Lipinski definition) is 5. The zero-order chi connectivity index (χ0) is 26.5. The first-order valence-electron chi connectivity index (χ1n) is 12.1. The zero-order valence-electron chi connectivity index (χ0n) is 19.9. The molecule has 0 spiro atoms. The van der Waals surface area contributed by atoms with Gasteiger partial charge in [0.05, 0.1) is 22.8 Å². The van der Waals surface area contributed by atoms with E-state index in [-0.39, 0.29) is 63.5 Å². The molecule has 2 fully saturated rings. The Bertz CT molecular complexity index is 1240. The van der Waals surface area contributed by atoms with Crippen LogP contribution in [-0.4, -0.2) is 45.9 Å². The number of imide groups is 1. The molecule has 2 aromatic rings. The van der Waals surface area contributed by atoms with Gasteiger partial charge in [-0.05, 0) is 42.5 Å². The van der Waals surface area contributed by atoms with Crippen molar-refractivity contribution in [1.29, 1.82) is 0 Å². The van der Waals surface area contributed by atoms with Gasteiger partial charge in [-0.25, -0.2) is 8.78 Å². The van der Waals surface area contributed by atoms with E-state index in [9.17, 15) is 27.9 Å². The quantitative estimate of drug-likeness (QED) is 0.474. The van der Waals surface area contributed by atoms with Crippen LogP contribution in [0.1, 0.15) is 53.5 Å². The topological polar surface area (TPSA) is 72.9 Å². The number of carbonyl (C=O) groups excluding carboxylic acids is 2. The van der Waals surface area contributed by atoms with E-state index in [4.69, 9.17) is 0 Å². The van der Waals surface area contributed by atoms with Crippen molar-refractivity contribution >= 4 is 11.8 Å². The van der Waals surface area contributed by atoms with Gasteiger partial charge in [-0.3, -0.25) is 24.7 Å². The van der Waals surface area contributed by atoms with Crippen LogP contribution >= 0.6 is 0 Å². The molecule has 0 aromatic heterocycles. The summed E-state index contributed by atoms with van der Waals surface area (Å²) in [6, 6.07) is 5.58. The van der Waals surface area contributed by atoms with Crippen molar-refractivity contribution in [1.82, 2.24) is 15.1 Å². The maximum Gasteiger partial charge on any atom is 0.416 e. The molecule has 1 atom stereocenters. The maximum absolute atomic E-state index is 15.7. The highest BCUT2D eigenvalue weighted by Gasteiger charge is 2.42. The summed E-state index contributed by atoms with van der Waals surface area (Å²) >= 11 is 0. The van der Waals surface area contributed by atoms with Crippen molar-refractivity contribution in [2.75, 3.05) is 13.1 Å². The highest BCUT2D eigenvalue weighted by molar-refractivity contribution is 6.00. The van der Waals surface area contributed by atoms with Crippen molar-refractivity contribution in [3.63, 3.8) is 0 Å². The lowest BCUT2D eigenvalue weighted by molar-refractivity contribution is -0.138. The number of benzene rings is 2. The SMILES string of the molecule is O=C1CCC(N2Cc3cc(F)c(C4(O)CCN(Cc5cccc(C(F)(F)F)c5)CC4)c(F)c3C2)C(=O)N1. The molecule has 2 N–H and O–H groups in total. The molecule has 2 saturated heterocycles. The lowest BCUT2D eigenvalue weighted by Crippen LogP contribution is -2.50. The first kappa shape index (κ1) is 25.7. The van der Waals surface area contributed by atoms with Crippen LogP contribution < -0.4 is 5.32 Å². The third-order valence-electron chi connectivity index (χ3n) is 7.61. The molecule has 0 radical (unpaired) electrons. The summed E-state index contributed by atoms with van der Waals surface area (Å²) in [7, 11) is 0. The average Bonchev–Trinajstić information content (AvgIpc) is 3.24. The van der Waals surface area contributed by atoms with Gasteiger partial charge in [0.15, 0.2) is 0 Å². The second kappa shape index (κ2) is 9.45. The van der Waals surface area contributed by atoms with Gasteiger partial charge in [0.2, 0.25) is 11.8 Å². The molecular weight excluding hydrogens is 497 g/mol. The van der Waals surface area contributed by atoms with Crippen LogP contribution in [0.4, 0.5) is 22.0 Å². The molecule has 0 saturated carbocycles. The highest BCUT2D eigenvalue weighted by Crippen LogP contribution is 2.41. The summed E-state index contributed by atoms with van der Waals surface area (Å²) < 4.78 is 69.9. The molecule has 1 unspecified atom stereocenters. The van der Waals surface area contributed by atoms with Crippen LogP contribution in [0.2, 0.25) is 0 Å². The zero-order valence-corrected chi connectivity index (χ0v) is 19.9. The molecule has 5 rings (SSSR count). The van der Waals surface area contributed by atoms with Crippen molar-refractivity contribution in [2.24, 2.45) is 0 Å². The van der Waals surface area contributed by atoms with Crippen molar-refractivity contribution in [3.8, 4) is 0 Å². The maximum atomic E-state index is 15.7.